The number of benzene rings is 3. The van der Waals surface area contributed by atoms with E-state index in [1.807, 2.05) is 0 Å². The maximum Gasteiger partial charge on any atom is -0.0162 e. The van der Waals surface area contributed by atoms with E-state index in [0.717, 1.165) is 5.92 Å². The van der Waals surface area contributed by atoms with Crippen LogP contribution in [0.15, 0.2) is 72.8 Å². The molecule has 3 aromatic carbocycles. The van der Waals surface area contributed by atoms with Crippen LogP contribution >= 0.6 is 0 Å². The molecule has 0 nitrogen and oxygen atoms in total. The molecule has 131 valence electrons. The maximum absolute atomic E-state index is 2.34. The SMILES string of the molecule is C[C]1CCC(c2ccc(-c3ccc(-c4ccc(C)cc4)cc3)cc2)CC1. The topological polar surface area (TPSA) is 0 Å². The van der Waals surface area contributed by atoms with Gasteiger partial charge < -0.3 is 0 Å². The number of aryl methyl sites for hydroxylation is 1. The minimum Gasteiger partial charge on any atom is -0.0591 e. The predicted octanol–water partition coefficient (Wildman–Crippen LogP) is 7.58. The van der Waals surface area contributed by atoms with Crippen molar-refractivity contribution in [2.45, 2.75) is 45.4 Å². The van der Waals surface area contributed by atoms with Crippen molar-refractivity contribution >= 4 is 0 Å². The Bertz CT molecular complexity index is 830. The van der Waals surface area contributed by atoms with Gasteiger partial charge in [0.15, 0.2) is 0 Å². The molecule has 0 bridgehead atoms. The van der Waals surface area contributed by atoms with Crippen molar-refractivity contribution in [3.8, 4) is 22.3 Å². The van der Waals surface area contributed by atoms with Gasteiger partial charge in [0.2, 0.25) is 0 Å². The lowest BCUT2D eigenvalue weighted by Crippen LogP contribution is -2.09. The first-order valence-corrected chi connectivity index (χ1v) is 9.78. The quantitative estimate of drug-likeness (QED) is 0.461. The third-order valence-electron chi connectivity index (χ3n) is 5.82. The molecule has 0 amide bonds. The molecule has 1 aliphatic carbocycles. The smallest absolute Gasteiger partial charge is 0.0162 e. The number of hydrogen-bond acceptors (Lipinski definition) is 0. The molecular formula is C26H27. The zero-order chi connectivity index (χ0) is 17.9. The van der Waals surface area contributed by atoms with Crippen molar-refractivity contribution in [1.29, 1.82) is 0 Å². The highest BCUT2D eigenvalue weighted by Gasteiger charge is 2.19. The van der Waals surface area contributed by atoms with Crippen molar-refractivity contribution in [2.24, 2.45) is 0 Å². The van der Waals surface area contributed by atoms with Crippen LogP contribution in [-0.4, -0.2) is 0 Å². The van der Waals surface area contributed by atoms with E-state index in [1.54, 1.807) is 5.92 Å². The van der Waals surface area contributed by atoms with Gasteiger partial charge in [-0.15, -0.1) is 0 Å². The minimum absolute atomic E-state index is 0.747. The summed E-state index contributed by atoms with van der Waals surface area (Å²) in [5.74, 6) is 2.42. The summed E-state index contributed by atoms with van der Waals surface area (Å²) < 4.78 is 0. The van der Waals surface area contributed by atoms with Crippen molar-refractivity contribution in [3.63, 3.8) is 0 Å². The molecule has 4 rings (SSSR count). The molecule has 26 heavy (non-hydrogen) atoms. The largest absolute Gasteiger partial charge is 0.0591 e. The Hall–Kier alpha value is -2.34. The van der Waals surface area contributed by atoms with Gasteiger partial charge in [0.1, 0.15) is 0 Å². The van der Waals surface area contributed by atoms with E-state index in [4.69, 9.17) is 0 Å². The number of rotatable bonds is 3. The average molecular weight is 340 g/mol. The minimum atomic E-state index is 0.747. The van der Waals surface area contributed by atoms with Gasteiger partial charge >= 0.3 is 0 Å². The summed E-state index contributed by atoms with van der Waals surface area (Å²) in [4.78, 5) is 0. The zero-order valence-electron chi connectivity index (χ0n) is 15.8. The molecule has 1 aliphatic rings. The van der Waals surface area contributed by atoms with Crippen LogP contribution in [0.25, 0.3) is 22.3 Å². The Morgan fingerprint density at radius 3 is 1.38 bits per heavy atom. The summed E-state index contributed by atoms with van der Waals surface area (Å²) in [5.41, 5.74) is 7.97. The van der Waals surface area contributed by atoms with E-state index in [-0.39, 0.29) is 0 Å². The molecule has 1 saturated carbocycles. The van der Waals surface area contributed by atoms with Gasteiger partial charge in [-0.1, -0.05) is 85.3 Å². The fourth-order valence-corrected chi connectivity index (χ4v) is 3.99. The Morgan fingerprint density at radius 2 is 0.923 bits per heavy atom. The first-order valence-electron chi connectivity index (χ1n) is 9.78. The molecule has 0 unspecified atom stereocenters. The summed E-state index contributed by atoms with van der Waals surface area (Å²) in [6.45, 7) is 4.43. The molecule has 0 heteroatoms. The van der Waals surface area contributed by atoms with Gasteiger partial charge in [-0.25, -0.2) is 0 Å². The van der Waals surface area contributed by atoms with E-state index in [9.17, 15) is 0 Å². The van der Waals surface area contributed by atoms with E-state index >= 15 is 0 Å². The van der Waals surface area contributed by atoms with Gasteiger partial charge in [-0.3, -0.25) is 0 Å². The lowest BCUT2D eigenvalue weighted by molar-refractivity contribution is 0.472. The molecule has 0 atom stereocenters. The van der Waals surface area contributed by atoms with Crippen molar-refractivity contribution in [2.75, 3.05) is 0 Å². The lowest BCUT2D eigenvalue weighted by Gasteiger charge is -2.26. The molecular weight excluding hydrogens is 312 g/mol. The van der Waals surface area contributed by atoms with Crippen LogP contribution in [0.4, 0.5) is 0 Å². The van der Waals surface area contributed by atoms with Crippen LogP contribution in [0.1, 0.15) is 49.7 Å². The molecule has 0 saturated heterocycles. The van der Waals surface area contributed by atoms with E-state index < -0.39 is 0 Å². The molecule has 1 radical (unpaired) electrons. The Balaban J connectivity index is 1.50. The second kappa shape index (κ2) is 7.50. The Labute approximate surface area is 157 Å². The molecule has 0 heterocycles. The third-order valence-corrected chi connectivity index (χ3v) is 5.82. The first kappa shape index (κ1) is 17.1. The average Bonchev–Trinajstić information content (AvgIpc) is 2.70. The molecule has 0 N–H and O–H groups in total. The second-order valence-electron chi connectivity index (χ2n) is 7.80. The first-order chi connectivity index (χ1) is 12.7. The fraction of sp³-hybridized carbons (Fsp3) is 0.269. The van der Waals surface area contributed by atoms with Gasteiger partial charge in [-0.2, -0.15) is 0 Å². The molecule has 0 aliphatic heterocycles. The lowest BCUT2D eigenvalue weighted by atomic mass is 9.79. The van der Waals surface area contributed by atoms with Crippen molar-refractivity contribution in [3.05, 3.63) is 89.8 Å². The summed E-state index contributed by atoms with van der Waals surface area (Å²) in [5, 5.41) is 0. The molecule has 0 spiro atoms. The molecule has 1 fully saturated rings. The van der Waals surface area contributed by atoms with E-state index in [2.05, 4.69) is 86.6 Å². The monoisotopic (exact) mass is 339 g/mol. The van der Waals surface area contributed by atoms with Crippen LogP contribution in [0.2, 0.25) is 0 Å². The highest BCUT2D eigenvalue weighted by molar-refractivity contribution is 5.70. The van der Waals surface area contributed by atoms with Crippen LogP contribution in [-0.2, 0) is 0 Å². The summed E-state index contributed by atoms with van der Waals surface area (Å²) >= 11 is 0. The highest BCUT2D eigenvalue weighted by Crippen LogP contribution is 2.37. The van der Waals surface area contributed by atoms with E-state index in [0.29, 0.717) is 0 Å². The summed E-state index contributed by atoms with van der Waals surface area (Å²) in [6.07, 6.45) is 5.23. The standard InChI is InChI=1S/C26H27/c1-19-3-7-21(8-4-19)23-11-15-25(16-12-23)26-17-13-24(14-18-26)22-9-5-20(2)6-10-22/h3-4,7-8,11-18,22H,5-6,9-10H2,1-2H3. The van der Waals surface area contributed by atoms with Crippen molar-refractivity contribution in [1.82, 2.24) is 0 Å². The molecule has 0 aromatic heterocycles. The van der Waals surface area contributed by atoms with Crippen LogP contribution < -0.4 is 0 Å². The predicted molar refractivity (Wildman–Crippen MR) is 112 cm³/mol. The van der Waals surface area contributed by atoms with Gasteiger partial charge in [-0.05, 0) is 72.3 Å². The summed E-state index contributed by atoms with van der Waals surface area (Å²) in [7, 11) is 0. The Morgan fingerprint density at radius 1 is 0.538 bits per heavy atom. The zero-order valence-corrected chi connectivity index (χ0v) is 15.8. The maximum atomic E-state index is 2.34. The van der Waals surface area contributed by atoms with E-state index in [1.165, 1.54) is 59.1 Å². The fourth-order valence-electron chi connectivity index (χ4n) is 3.99. The molecule has 3 aromatic rings. The third kappa shape index (κ3) is 3.75. The summed E-state index contributed by atoms with van der Waals surface area (Å²) in [6, 6.07) is 26.9. The van der Waals surface area contributed by atoms with Crippen LogP contribution in [0.5, 0.6) is 0 Å². The second-order valence-corrected chi connectivity index (χ2v) is 7.80. The van der Waals surface area contributed by atoms with Gasteiger partial charge in [0, 0.05) is 0 Å². The van der Waals surface area contributed by atoms with Crippen LogP contribution in [0.3, 0.4) is 0 Å². The van der Waals surface area contributed by atoms with Gasteiger partial charge in [0.05, 0.1) is 0 Å². The highest BCUT2D eigenvalue weighted by atomic mass is 14.2. The number of hydrogen-bond donors (Lipinski definition) is 0. The normalized spacial score (nSPS) is 15.9. The van der Waals surface area contributed by atoms with Gasteiger partial charge in [0.25, 0.3) is 0 Å². The van der Waals surface area contributed by atoms with Crippen molar-refractivity contribution < 1.29 is 0 Å². The van der Waals surface area contributed by atoms with Crippen LogP contribution in [0, 0.1) is 12.8 Å². The Kier molecular flexibility index (Phi) is 4.93.